The highest BCUT2D eigenvalue weighted by molar-refractivity contribution is 6.35. The molecule has 0 unspecified atom stereocenters. The number of anilines is 2. The molecule has 3 aromatic rings. The van der Waals surface area contributed by atoms with Crippen LogP contribution in [0.15, 0.2) is 54.7 Å². The lowest BCUT2D eigenvalue weighted by atomic mass is 10.1. The number of para-hydroxylation sites is 1. The fourth-order valence-corrected chi connectivity index (χ4v) is 2.32. The molecule has 0 saturated carbocycles. The molecule has 104 valence electrons. The summed E-state index contributed by atoms with van der Waals surface area (Å²) in [6, 6.07) is 14.0. The first-order valence-electron chi connectivity index (χ1n) is 6.29. The number of nitrogens with zero attached hydrogens (tertiary/aromatic N) is 1. The van der Waals surface area contributed by atoms with Crippen LogP contribution in [-0.4, -0.2) is 16.1 Å². The summed E-state index contributed by atoms with van der Waals surface area (Å²) in [5.41, 5.74) is 2.65. The summed E-state index contributed by atoms with van der Waals surface area (Å²) < 4.78 is 0. The zero-order valence-electron chi connectivity index (χ0n) is 10.9. The monoisotopic (exact) mass is 298 g/mol. The summed E-state index contributed by atoms with van der Waals surface area (Å²) in [5.74, 6) is -0.942. The lowest BCUT2D eigenvalue weighted by molar-refractivity contribution is 0.0697. The van der Waals surface area contributed by atoms with Gasteiger partial charge >= 0.3 is 5.97 Å². The third-order valence-electron chi connectivity index (χ3n) is 3.13. The molecular formula is C16H11ClN2O2. The Morgan fingerprint density at radius 3 is 2.57 bits per heavy atom. The largest absolute Gasteiger partial charge is 0.478 e. The molecular weight excluding hydrogens is 288 g/mol. The van der Waals surface area contributed by atoms with Crippen LogP contribution in [0.25, 0.3) is 10.9 Å². The SMILES string of the molecule is O=C(O)c1ccc(Nc2ccnc3c(Cl)cccc23)cc1. The number of hydrogen-bond acceptors (Lipinski definition) is 3. The van der Waals surface area contributed by atoms with Crippen LogP contribution in [0, 0.1) is 0 Å². The number of rotatable bonds is 3. The molecule has 4 nitrogen and oxygen atoms in total. The molecule has 0 spiro atoms. The van der Waals surface area contributed by atoms with Gasteiger partial charge in [-0.3, -0.25) is 4.98 Å². The molecule has 0 atom stereocenters. The van der Waals surface area contributed by atoms with Gasteiger partial charge in [-0.1, -0.05) is 23.7 Å². The summed E-state index contributed by atoms with van der Waals surface area (Å²) in [4.78, 5) is 15.1. The molecule has 0 saturated heterocycles. The second kappa shape index (κ2) is 5.42. The van der Waals surface area contributed by atoms with Crippen molar-refractivity contribution in [3.63, 3.8) is 0 Å². The number of aromatic carboxylic acids is 1. The number of hydrogen-bond donors (Lipinski definition) is 2. The van der Waals surface area contributed by atoms with Crippen LogP contribution in [0.4, 0.5) is 11.4 Å². The Morgan fingerprint density at radius 1 is 1.10 bits per heavy atom. The minimum absolute atomic E-state index is 0.253. The van der Waals surface area contributed by atoms with Gasteiger partial charge in [-0.2, -0.15) is 0 Å². The van der Waals surface area contributed by atoms with E-state index >= 15 is 0 Å². The molecule has 0 aliphatic carbocycles. The van der Waals surface area contributed by atoms with E-state index in [2.05, 4.69) is 10.3 Å². The van der Waals surface area contributed by atoms with Crippen molar-refractivity contribution in [2.24, 2.45) is 0 Å². The van der Waals surface area contributed by atoms with Crippen molar-refractivity contribution in [1.29, 1.82) is 0 Å². The summed E-state index contributed by atoms with van der Waals surface area (Å²) in [6.07, 6.45) is 1.68. The van der Waals surface area contributed by atoms with Gasteiger partial charge in [-0.15, -0.1) is 0 Å². The Kier molecular flexibility index (Phi) is 3.46. The zero-order valence-corrected chi connectivity index (χ0v) is 11.6. The normalized spacial score (nSPS) is 10.5. The van der Waals surface area contributed by atoms with Crippen LogP contribution in [0.2, 0.25) is 5.02 Å². The second-order valence-corrected chi connectivity index (χ2v) is 4.91. The highest BCUT2D eigenvalue weighted by atomic mass is 35.5. The van der Waals surface area contributed by atoms with Gasteiger partial charge in [0.2, 0.25) is 0 Å². The molecule has 1 aromatic heterocycles. The van der Waals surface area contributed by atoms with E-state index in [9.17, 15) is 4.79 Å². The van der Waals surface area contributed by atoms with Crippen LogP contribution >= 0.6 is 11.6 Å². The van der Waals surface area contributed by atoms with E-state index in [1.54, 1.807) is 36.5 Å². The number of fused-ring (bicyclic) bond motifs is 1. The van der Waals surface area contributed by atoms with Crippen LogP contribution in [-0.2, 0) is 0 Å². The van der Waals surface area contributed by atoms with E-state index in [0.29, 0.717) is 5.02 Å². The smallest absolute Gasteiger partial charge is 0.335 e. The van der Waals surface area contributed by atoms with E-state index < -0.39 is 5.97 Å². The molecule has 2 aromatic carbocycles. The summed E-state index contributed by atoms with van der Waals surface area (Å²) in [7, 11) is 0. The van der Waals surface area contributed by atoms with E-state index in [0.717, 1.165) is 22.3 Å². The molecule has 0 bridgehead atoms. The molecule has 0 fully saturated rings. The number of halogens is 1. The van der Waals surface area contributed by atoms with Gasteiger partial charge in [0.05, 0.1) is 16.1 Å². The number of carbonyl (C=O) groups is 1. The van der Waals surface area contributed by atoms with Crippen molar-refractivity contribution in [3.05, 3.63) is 65.3 Å². The van der Waals surface area contributed by atoms with Gasteiger partial charge < -0.3 is 10.4 Å². The van der Waals surface area contributed by atoms with Crippen molar-refractivity contribution in [1.82, 2.24) is 4.98 Å². The van der Waals surface area contributed by atoms with Crippen molar-refractivity contribution in [2.45, 2.75) is 0 Å². The highest BCUT2D eigenvalue weighted by Crippen LogP contribution is 2.29. The molecule has 0 aliphatic heterocycles. The predicted molar refractivity (Wildman–Crippen MR) is 83.4 cm³/mol. The highest BCUT2D eigenvalue weighted by Gasteiger charge is 2.06. The number of nitrogens with one attached hydrogen (secondary N) is 1. The first kappa shape index (κ1) is 13.4. The third kappa shape index (κ3) is 2.66. The van der Waals surface area contributed by atoms with Crippen LogP contribution in [0.1, 0.15) is 10.4 Å². The van der Waals surface area contributed by atoms with Crippen molar-refractivity contribution < 1.29 is 9.90 Å². The molecule has 1 heterocycles. The van der Waals surface area contributed by atoms with Crippen molar-refractivity contribution in [2.75, 3.05) is 5.32 Å². The van der Waals surface area contributed by atoms with Crippen LogP contribution < -0.4 is 5.32 Å². The maximum atomic E-state index is 10.8. The topological polar surface area (TPSA) is 62.2 Å². The third-order valence-corrected chi connectivity index (χ3v) is 3.44. The maximum absolute atomic E-state index is 10.8. The summed E-state index contributed by atoms with van der Waals surface area (Å²) >= 11 is 6.13. The first-order valence-corrected chi connectivity index (χ1v) is 6.66. The van der Waals surface area contributed by atoms with E-state index in [1.165, 1.54) is 0 Å². The molecule has 3 rings (SSSR count). The summed E-state index contributed by atoms with van der Waals surface area (Å²) in [6.45, 7) is 0. The second-order valence-electron chi connectivity index (χ2n) is 4.50. The molecule has 5 heteroatoms. The van der Waals surface area contributed by atoms with Gasteiger partial charge in [0.15, 0.2) is 0 Å². The Morgan fingerprint density at radius 2 is 1.86 bits per heavy atom. The van der Waals surface area contributed by atoms with Gasteiger partial charge in [0, 0.05) is 23.0 Å². The number of aromatic nitrogens is 1. The van der Waals surface area contributed by atoms with Crippen molar-refractivity contribution in [3.8, 4) is 0 Å². The zero-order chi connectivity index (χ0) is 14.8. The Hall–Kier alpha value is -2.59. The standard InChI is InChI=1S/C16H11ClN2O2/c17-13-3-1-2-12-14(8-9-18-15(12)13)19-11-6-4-10(5-7-11)16(20)21/h1-9H,(H,18,19)(H,20,21). The van der Waals surface area contributed by atoms with Gasteiger partial charge in [0.1, 0.15) is 0 Å². The predicted octanol–water partition coefficient (Wildman–Crippen LogP) is 4.33. The lowest BCUT2D eigenvalue weighted by Crippen LogP contribution is -1.97. The number of carboxylic acid groups (broad SMARTS) is 1. The molecule has 2 N–H and O–H groups in total. The van der Waals surface area contributed by atoms with E-state index in [-0.39, 0.29) is 5.56 Å². The molecule has 0 aliphatic rings. The van der Waals surface area contributed by atoms with Crippen molar-refractivity contribution >= 4 is 39.8 Å². The average Bonchev–Trinajstić information content (AvgIpc) is 2.49. The Labute approximate surface area is 126 Å². The molecule has 21 heavy (non-hydrogen) atoms. The molecule has 0 radical (unpaired) electrons. The number of carboxylic acids is 1. The van der Waals surface area contributed by atoms with Gasteiger partial charge in [-0.05, 0) is 36.4 Å². The van der Waals surface area contributed by atoms with E-state index in [1.807, 2.05) is 18.2 Å². The lowest BCUT2D eigenvalue weighted by Gasteiger charge is -2.10. The van der Waals surface area contributed by atoms with Gasteiger partial charge in [0.25, 0.3) is 0 Å². The minimum atomic E-state index is -0.942. The molecule has 0 amide bonds. The Balaban J connectivity index is 1.98. The summed E-state index contributed by atoms with van der Waals surface area (Å²) in [5, 5.41) is 13.6. The van der Waals surface area contributed by atoms with Crippen LogP contribution in [0.3, 0.4) is 0 Å². The Bertz CT molecular complexity index is 816. The fourth-order valence-electron chi connectivity index (χ4n) is 2.10. The van der Waals surface area contributed by atoms with Gasteiger partial charge in [-0.25, -0.2) is 4.79 Å². The van der Waals surface area contributed by atoms with E-state index in [4.69, 9.17) is 16.7 Å². The average molecular weight is 299 g/mol. The maximum Gasteiger partial charge on any atom is 0.335 e. The number of benzene rings is 2. The first-order chi connectivity index (χ1) is 10.1. The fraction of sp³-hybridized carbons (Fsp3) is 0. The number of pyridine rings is 1. The minimum Gasteiger partial charge on any atom is -0.478 e. The van der Waals surface area contributed by atoms with Crippen LogP contribution in [0.5, 0.6) is 0 Å². The quantitative estimate of drug-likeness (QED) is 0.755.